The first-order chi connectivity index (χ1) is 17.9. The number of carbonyl (C=O) groups is 1. The van der Waals surface area contributed by atoms with Gasteiger partial charge in [-0.05, 0) is 53.8 Å². The number of carbonyl (C=O) groups excluding carboxylic acids is 1. The molecule has 0 spiro atoms. The molecule has 1 unspecified atom stereocenters. The van der Waals surface area contributed by atoms with Crippen LogP contribution in [0, 0.1) is 0 Å². The van der Waals surface area contributed by atoms with Gasteiger partial charge in [-0.3, -0.25) is 14.5 Å². The molecule has 1 aliphatic heterocycles. The summed E-state index contributed by atoms with van der Waals surface area (Å²) in [5.41, 5.74) is 7.18. The number of nitrogens with zero attached hydrogens (tertiary/aromatic N) is 4. The Morgan fingerprint density at radius 1 is 0.946 bits per heavy atom. The van der Waals surface area contributed by atoms with Crippen LogP contribution in [0.5, 0.6) is 5.75 Å². The van der Waals surface area contributed by atoms with Crippen molar-refractivity contribution >= 4 is 5.91 Å². The number of hydrogen-bond acceptors (Lipinski definition) is 5. The zero-order valence-corrected chi connectivity index (χ0v) is 21.5. The summed E-state index contributed by atoms with van der Waals surface area (Å²) in [6.45, 7) is 7.86. The van der Waals surface area contributed by atoms with Crippen molar-refractivity contribution in [1.82, 2.24) is 19.7 Å². The van der Waals surface area contributed by atoms with Crippen LogP contribution in [0.2, 0.25) is 0 Å². The lowest BCUT2D eigenvalue weighted by atomic mass is 9.98. The van der Waals surface area contributed by atoms with Gasteiger partial charge in [0.25, 0.3) is 5.91 Å². The lowest BCUT2D eigenvalue weighted by Crippen LogP contribution is -2.42. The van der Waals surface area contributed by atoms with Crippen LogP contribution < -0.4 is 4.74 Å². The molecular formula is C30H32N4O3. The fraction of sp³-hybridized carbons (Fsp3) is 0.300. The number of benzene rings is 2. The molecule has 0 radical (unpaired) electrons. The van der Waals surface area contributed by atoms with Crippen molar-refractivity contribution in [3.05, 3.63) is 89.9 Å². The molecule has 7 nitrogen and oxygen atoms in total. The smallest absolute Gasteiger partial charge is 0.251 e. The highest BCUT2D eigenvalue weighted by atomic mass is 16.5. The van der Waals surface area contributed by atoms with Gasteiger partial charge in [0.15, 0.2) is 0 Å². The van der Waals surface area contributed by atoms with Gasteiger partial charge in [0.1, 0.15) is 24.2 Å². The number of ether oxygens (including phenoxy) is 1. The summed E-state index contributed by atoms with van der Waals surface area (Å²) < 4.78 is 8.03. The number of fused-ring (bicyclic) bond motifs is 1. The van der Waals surface area contributed by atoms with Crippen molar-refractivity contribution in [3.63, 3.8) is 0 Å². The quantitative estimate of drug-likeness (QED) is 0.388. The van der Waals surface area contributed by atoms with Gasteiger partial charge in [-0.25, -0.2) is 0 Å². The fourth-order valence-electron chi connectivity index (χ4n) is 4.67. The first-order valence-corrected chi connectivity index (χ1v) is 12.7. The van der Waals surface area contributed by atoms with Crippen molar-refractivity contribution in [2.45, 2.75) is 52.5 Å². The third kappa shape index (κ3) is 5.27. The molecule has 0 bridgehead atoms. The fourth-order valence-corrected chi connectivity index (χ4v) is 4.67. The molecule has 1 amide bonds. The molecule has 4 aromatic rings. The van der Waals surface area contributed by atoms with Gasteiger partial charge < -0.3 is 14.7 Å². The second kappa shape index (κ2) is 10.6. The third-order valence-electron chi connectivity index (χ3n) is 6.80. The number of aliphatic hydroxyl groups is 1. The SMILES string of the molecule is CC(O)C(=O)N1CCn2nc(-c3ccncc3)c(-c3ccc(OCc4ccc(C(C)C)cc4)cc3)c2C1. The Kier molecular flexibility index (Phi) is 7.06. The first-order valence-electron chi connectivity index (χ1n) is 12.7. The third-order valence-corrected chi connectivity index (χ3v) is 6.80. The Labute approximate surface area is 217 Å². The van der Waals surface area contributed by atoms with E-state index >= 15 is 0 Å². The van der Waals surface area contributed by atoms with E-state index in [0.29, 0.717) is 32.2 Å². The Balaban J connectivity index is 1.42. The van der Waals surface area contributed by atoms with E-state index in [1.54, 1.807) is 17.3 Å². The normalized spacial score (nSPS) is 13.9. The minimum Gasteiger partial charge on any atom is -0.489 e. The van der Waals surface area contributed by atoms with Crippen LogP contribution in [0.25, 0.3) is 22.4 Å². The van der Waals surface area contributed by atoms with E-state index in [0.717, 1.165) is 39.4 Å². The average molecular weight is 497 g/mol. The Morgan fingerprint density at radius 3 is 2.30 bits per heavy atom. The number of aromatic nitrogens is 3. The van der Waals surface area contributed by atoms with E-state index in [1.165, 1.54) is 12.5 Å². The van der Waals surface area contributed by atoms with E-state index in [-0.39, 0.29) is 5.91 Å². The van der Waals surface area contributed by atoms with Gasteiger partial charge in [-0.15, -0.1) is 0 Å². The van der Waals surface area contributed by atoms with Gasteiger partial charge in [-0.1, -0.05) is 50.2 Å². The maximum atomic E-state index is 12.5. The van der Waals surface area contributed by atoms with Crippen molar-refractivity contribution in [3.8, 4) is 28.1 Å². The molecule has 1 aliphatic rings. The highest BCUT2D eigenvalue weighted by Gasteiger charge is 2.29. The summed E-state index contributed by atoms with van der Waals surface area (Å²) in [4.78, 5) is 18.4. The topological polar surface area (TPSA) is 80.5 Å². The summed E-state index contributed by atoms with van der Waals surface area (Å²) in [5, 5.41) is 14.8. The van der Waals surface area contributed by atoms with Gasteiger partial charge in [-0.2, -0.15) is 5.10 Å². The lowest BCUT2D eigenvalue weighted by Gasteiger charge is -2.29. The summed E-state index contributed by atoms with van der Waals surface area (Å²) in [5.74, 6) is 1.02. The summed E-state index contributed by atoms with van der Waals surface area (Å²) in [6.07, 6.45) is 2.48. The van der Waals surface area contributed by atoms with Crippen LogP contribution >= 0.6 is 0 Å². The predicted octanol–water partition coefficient (Wildman–Crippen LogP) is 5.04. The average Bonchev–Trinajstić information content (AvgIpc) is 3.31. The number of rotatable bonds is 7. The standard InChI is InChI=1S/C30H32N4O3/c1-20(2)23-6-4-22(5-7-23)19-37-26-10-8-24(9-11-26)28-27-18-33(30(36)21(3)35)16-17-34(27)32-29(28)25-12-14-31-15-13-25/h4-15,20-21,35H,16-19H2,1-3H3. The first kappa shape index (κ1) is 24.7. The molecule has 0 aliphatic carbocycles. The maximum Gasteiger partial charge on any atom is 0.251 e. The second-order valence-corrected chi connectivity index (χ2v) is 9.77. The van der Waals surface area contributed by atoms with Crippen molar-refractivity contribution in [2.75, 3.05) is 6.54 Å². The van der Waals surface area contributed by atoms with Gasteiger partial charge >= 0.3 is 0 Å². The zero-order valence-electron chi connectivity index (χ0n) is 21.5. The predicted molar refractivity (Wildman–Crippen MR) is 143 cm³/mol. The van der Waals surface area contributed by atoms with E-state index in [1.807, 2.05) is 41.1 Å². The number of hydrogen-bond donors (Lipinski definition) is 1. The van der Waals surface area contributed by atoms with Crippen molar-refractivity contribution < 1.29 is 14.6 Å². The highest BCUT2D eigenvalue weighted by Crippen LogP contribution is 2.37. The largest absolute Gasteiger partial charge is 0.489 e. The molecule has 1 atom stereocenters. The molecule has 37 heavy (non-hydrogen) atoms. The van der Waals surface area contributed by atoms with E-state index < -0.39 is 6.10 Å². The molecule has 2 aromatic carbocycles. The number of amides is 1. The van der Waals surface area contributed by atoms with E-state index in [9.17, 15) is 9.90 Å². The molecular weight excluding hydrogens is 464 g/mol. The molecule has 1 N–H and O–H groups in total. The summed E-state index contributed by atoms with van der Waals surface area (Å²) in [6, 6.07) is 20.4. The van der Waals surface area contributed by atoms with Crippen LogP contribution in [0.3, 0.4) is 0 Å². The summed E-state index contributed by atoms with van der Waals surface area (Å²) in [7, 11) is 0. The zero-order chi connectivity index (χ0) is 25.9. The van der Waals surface area contributed by atoms with Crippen molar-refractivity contribution in [2.24, 2.45) is 0 Å². The van der Waals surface area contributed by atoms with E-state index in [4.69, 9.17) is 9.84 Å². The molecule has 2 aromatic heterocycles. The minimum absolute atomic E-state index is 0.269. The summed E-state index contributed by atoms with van der Waals surface area (Å²) >= 11 is 0. The Hall–Kier alpha value is -3.97. The van der Waals surface area contributed by atoms with Gasteiger partial charge in [0, 0.05) is 30.1 Å². The monoisotopic (exact) mass is 496 g/mol. The second-order valence-electron chi connectivity index (χ2n) is 9.77. The van der Waals surface area contributed by atoms with Crippen LogP contribution in [0.1, 0.15) is 43.5 Å². The van der Waals surface area contributed by atoms with Crippen molar-refractivity contribution in [1.29, 1.82) is 0 Å². The number of pyridine rings is 1. The molecule has 0 fully saturated rings. The lowest BCUT2D eigenvalue weighted by molar-refractivity contribution is -0.140. The number of aliphatic hydroxyl groups excluding tert-OH is 1. The molecule has 3 heterocycles. The van der Waals surface area contributed by atoms with Crippen LogP contribution in [0.15, 0.2) is 73.1 Å². The minimum atomic E-state index is -1.03. The van der Waals surface area contributed by atoms with Gasteiger partial charge in [0.05, 0.1) is 18.8 Å². The maximum absolute atomic E-state index is 12.5. The van der Waals surface area contributed by atoms with Crippen LogP contribution in [-0.4, -0.2) is 43.3 Å². The van der Waals surface area contributed by atoms with E-state index in [2.05, 4.69) is 43.1 Å². The molecule has 0 saturated heterocycles. The van der Waals surface area contributed by atoms with Crippen LogP contribution in [0.4, 0.5) is 0 Å². The van der Waals surface area contributed by atoms with Gasteiger partial charge in [0.2, 0.25) is 0 Å². The highest BCUT2D eigenvalue weighted by molar-refractivity contribution is 5.84. The Bertz CT molecular complexity index is 1360. The van der Waals surface area contributed by atoms with Crippen LogP contribution in [-0.2, 0) is 24.5 Å². The molecule has 5 rings (SSSR count). The molecule has 190 valence electrons. The Morgan fingerprint density at radius 2 is 1.65 bits per heavy atom. The molecule has 7 heteroatoms. The molecule has 0 saturated carbocycles.